The largest absolute Gasteiger partial charge is 0.394 e. The van der Waals surface area contributed by atoms with Gasteiger partial charge in [-0.1, -0.05) is 37.6 Å². The van der Waals surface area contributed by atoms with Gasteiger partial charge in [0.2, 0.25) is 0 Å². The van der Waals surface area contributed by atoms with Crippen molar-refractivity contribution in [3.8, 4) is 0 Å². The van der Waals surface area contributed by atoms with Crippen LogP contribution >= 0.6 is 0 Å². The molecular weight excluding hydrogens is 174 g/mol. The zero-order valence-electron chi connectivity index (χ0n) is 8.74. The molecule has 0 fully saturated rings. The van der Waals surface area contributed by atoms with Gasteiger partial charge in [0, 0.05) is 0 Å². The lowest BCUT2D eigenvalue weighted by molar-refractivity contribution is 0.267. The maximum atomic E-state index is 9.01. The molecule has 0 saturated heterocycles. The number of aliphatic hydroxyl groups excluding tert-OH is 1. The summed E-state index contributed by atoms with van der Waals surface area (Å²) in [4.78, 5) is 0. The van der Waals surface area contributed by atoms with Crippen molar-refractivity contribution in [2.24, 2.45) is 5.73 Å². The Morgan fingerprint density at radius 2 is 2.07 bits per heavy atom. The van der Waals surface area contributed by atoms with E-state index in [-0.39, 0.29) is 12.6 Å². The summed E-state index contributed by atoms with van der Waals surface area (Å²) in [6.45, 7) is 2.19. The minimum Gasteiger partial charge on any atom is -0.394 e. The minimum atomic E-state index is -0.233. The van der Waals surface area contributed by atoms with E-state index in [4.69, 9.17) is 10.8 Å². The van der Waals surface area contributed by atoms with Crippen molar-refractivity contribution in [1.82, 2.24) is 0 Å². The first-order chi connectivity index (χ1) is 6.79. The van der Waals surface area contributed by atoms with E-state index in [2.05, 4.69) is 13.0 Å². The summed E-state index contributed by atoms with van der Waals surface area (Å²) in [6, 6.07) is 7.87. The van der Waals surface area contributed by atoms with E-state index >= 15 is 0 Å². The summed E-state index contributed by atoms with van der Waals surface area (Å²) in [5.41, 5.74) is 8.18. The molecule has 3 N–H and O–H groups in total. The molecule has 2 nitrogen and oxygen atoms in total. The molecule has 1 aromatic rings. The van der Waals surface area contributed by atoms with Crippen LogP contribution in [0.25, 0.3) is 0 Å². The third kappa shape index (κ3) is 2.82. The number of aliphatic hydroxyl groups is 1. The summed E-state index contributed by atoms with van der Waals surface area (Å²) >= 11 is 0. The molecule has 2 heteroatoms. The summed E-state index contributed by atoms with van der Waals surface area (Å²) in [6.07, 6.45) is 3.41. The van der Waals surface area contributed by atoms with E-state index in [1.165, 1.54) is 18.4 Å². The SMILES string of the molecule is CCCCc1ccccc1C(N)CO. The molecule has 0 saturated carbocycles. The molecule has 0 heterocycles. The van der Waals surface area contributed by atoms with E-state index in [9.17, 15) is 0 Å². The Bertz CT molecular complexity index is 273. The van der Waals surface area contributed by atoms with Crippen LogP contribution in [0, 0.1) is 0 Å². The molecule has 1 atom stereocenters. The molecule has 0 aromatic heterocycles. The molecule has 0 radical (unpaired) electrons. The van der Waals surface area contributed by atoms with Gasteiger partial charge < -0.3 is 10.8 Å². The Labute approximate surface area is 85.8 Å². The van der Waals surface area contributed by atoms with Gasteiger partial charge in [0.05, 0.1) is 12.6 Å². The van der Waals surface area contributed by atoms with Crippen molar-refractivity contribution in [3.63, 3.8) is 0 Å². The van der Waals surface area contributed by atoms with Crippen LogP contribution in [0.3, 0.4) is 0 Å². The van der Waals surface area contributed by atoms with Crippen molar-refractivity contribution in [2.45, 2.75) is 32.2 Å². The Kier molecular flexibility index (Phi) is 4.63. The highest BCUT2D eigenvalue weighted by molar-refractivity contribution is 5.30. The van der Waals surface area contributed by atoms with Crippen molar-refractivity contribution in [2.75, 3.05) is 6.61 Å². The first-order valence-corrected chi connectivity index (χ1v) is 5.23. The lowest BCUT2D eigenvalue weighted by atomic mass is 9.97. The average Bonchev–Trinajstić information content (AvgIpc) is 2.25. The maximum absolute atomic E-state index is 9.01. The predicted octanol–water partition coefficient (Wildman–Crippen LogP) is 2.02. The lowest BCUT2D eigenvalue weighted by Crippen LogP contribution is -2.16. The first-order valence-electron chi connectivity index (χ1n) is 5.23. The van der Waals surface area contributed by atoms with Gasteiger partial charge in [-0.3, -0.25) is 0 Å². The molecule has 1 unspecified atom stereocenters. The van der Waals surface area contributed by atoms with Crippen molar-refractivity contribution in [3.05, 3.63) is 35.4 Å². The van der Waals surface area contributed by atoms with E-state index in [1.54, 1.807) is 0 Å². The Balaban J connectivity index is 2.79. The quantitative estimate of drug-likeness (QED) is 0.751. The number of rotatable bonds is 5. The van der Waals surface area contributed by atoms with Gasteiger partial charge in [0.25, 0.3) is 0 Å². The lowest BCUT2D eigenvalue weighted by Gasteiger charge is -2.13. The Hall–Kier alpha value is -0.860. The van der Waals surface area contributed by atoms with Crippen LogP contribution in [0.2, 0.25) is 0 Å². The van der Waals surface area contributed by atoms with Crippen LogP contribution in [0.4, 0.5) is 0 Å². The second-order valence-corrected chi connectivity index (χ2v) is 3.59. The molecule has 0 aliphatic heterocycles. The zero-order chi connectivity index (χ0) is 10.4. The van der Waals surface area contributed by atoms with Gasteiger partial charge in [-0.05, 0) is 24.0 Å². The Morgan fingerprint density at radius 3 is 2.71 bits per heavy atom. The maximum Gasteiger partial charge on any atom is 0.0624 e. The number of nitrogens with two attached hydrogens (primary N) is 1. The predicted molar refractivity (Wildman–Crippen MR) is 59.1 cm³/mol. The van der Waals surface area contributed by atoms with Crippen LogP contribution in [0.15, 0.2) is 24.3 Å². The van der Waals surface area contributed by atoms with E-state index in [0.29, 0.717) is 0 Å². The van der Waals surface area contributed by atoms with Gasteiger partial charge in [-0.25, -0.2) is 0 Å². The topological polar surface area (TPSA) is 46.2 Å². The van der Waals surface area contributed by atoms with Gasteiger partial charge in [-0.15, -0.1) is 0 Å². The fourth-order valence-corrected chi connectivity index (χ4v) is 1.59. The van der Waals surface area contributed by atoms with E-state index < -0.39 is 0 Å². The van der Waals surface area contributed by atoms with E-state index in [0.717, 1.165) is 12.0 Å². The molecule has 78 valence electrons. The van der Waals surface area contributed by atoms with Gasteiger partial charge in [0.15, 0.2) is 0 Å². The van der Waals surface area contributed by atoms with Gasteiger partial charge in [0.1, 0.15) is 0 Å². The van der Waals surface area contributed by atoms with Crippen molar-refractivity contribution >= 4 is 0 Å². The smallest absolute Gasteiger partial charge is 0.0624 e. The van der Waals surface area contributed by atoms with Crippen molar-refractivity contribution in [1.29, 1.82) is 0 Å². The number of aryl methyl sites for hydroxylation is 1. The highest BCUT2D eigenvalue weighted by Gasteiger charge is 2.08. The van der Waals surface area contributed by atoms with Gasteiger partial charge in [-0.2, -0.15) is 0 Å². The highest BCUT2D eigenvalue weighted by Crippen LogP contribution is 2.17. The number of hydrogen-bond acceptors (Lipinski definition) is 2. The summed E-state index contributed by atoms with van der Waals surface area (Å²) in [7, 11) is 0. The molecule has 1 aromatic carbocycles. The van der Waals surface area contributed by atoms with Crippen LogP contribution < -0.4 is 5.73 Å². The zero-order valence-corrected chi connectivity index (χ0v) is 8.74. The second kappa shape index (κ2) is 5.78. The van der Waals surface area contributed by atoms with Crippen LogP contribution in [0.5, 0.6) is 0 Å². The van der Waals surface area contributed by atoms with Crippen molar-refractivity contribution < 1.29 is 5.11 Å². The number of unbranched alkanes of at least 4 members (excludes halogenated alkanes) is 1. The van der Waals surface area contributed by atoms with Crippen LogP contribution in [0.1, 0.15) is 36.9 Å². The summed E-state index contributed by atoms with van der Waals surface area (Å²) in [5.74, 6) is 0. The fraction of sp³-hybridized carbons (Fsp3) is 0.500. The monoisotopic (exact) mass is 193 g/mol. The number of benzene rings is 1. The third-order valence-electron chi connectivity index (χ3n) is 2.45. The molecule has 0 aliphatic rings. The van der Waals surface area contributed by atoms with Crippen LogP contribution in [-0.4, -0.2) is 11.7 Å². The first kappa shape index (κ1) is 11.2. The van der Waals surface area contributed by atoms with Gasteiger partial charge >= 0.3 is 0 Å². The molecule has 0 spiro atoms. The Morgan fingerprint density at radius 1 is 1.36 bits per heavy atom. The minimum absolute atomic E-state index is 0.0170. The average molecular weight is 193 g/mol. The molecule has 0 aliphatic carbocycles. The normalized spacial score (nSPS) is 12.8. The third-order valence-corrected chi connectivity index (χ3v) is 2.45. The second-order valence-electron chi connectivity index (χ2n) is 3.59. The standard InChI is InChI=1S/C12H19NO/c1-2-3-6-10-7-4-5-8-11(10)12(13)9-14/h4-5,7-8,12,14H,2-3,6,9,13H2,1H3. The molecule has 0 bridgehead atoms. The van der Waals surface area contributed by atoms with E-state index in [1.807, 2.05) is 18.2 Å². The number of hydrogen-bond donors (Lipinski definition) is 2. The summed E-state index contributed by atoms with van der Waals surface area (Å²) < 4.78 is 0. The molecule has 0 amide bonds. The van der Waals surface area contributed by atoms with Crippen LogP contribution in [-0.2, 0) is 6.42 Å². The molecule has 14 heavy (non-hydrogen) atoms. The fourth-order valence-electron chi connectivity index (χ4n) is 1.59. The summed E-state index contributed by atoms with van der Waals surface area (Å²) in [5, 5.41) is 9.01. The molecular formula is C12H19NO. The highest BCUT2D eigenvalue weighted by atomic mass is 16.3. The molecule has 1 rings (SSSR count).